The molecule has 0 radical (unpaired) electrons. The number of rotatable bonds is 2. The van der Waals surface area contributed by atoms with E-state index in [0.717, 1.165) is 43.4 Å². The van der Waals surface area contributed by atoms with E-state index in [0.29, 0.717) is 11.8 Å². The van der Waals surface area contributed by atoms with Gasteiger partial charge in [0.2, 0.25) is 0 Å². The SMILES string of the molecule is CC(c1ccc2scnc2c1)N1CCC2=C(C1)C(=O)CC2. The highest BCUT2D eigenvalue weighted by atomic mass is 32.1. The molecule has 1 unspecified atom stereocenters. The average molecular weight is 298 g/mol. The molecule has 1 aromatic carbocycles. The first-order valence-electron chi connectivity index (χ1n) is 7.53. The Kier molecular flexibility index (Phi) is 3.16. The third kappa shape index (κ3) is 2.23. The zero-order chi connectivity index (χ0) is 14.4. The summed E-state index contributed by atoms with van der Waals surface area (Å²) in [6.07, 6.45) is 2.79. The highest BCUT2D eigenvalue weighted by Crippen LogP contribution is 2.34. The summed E-state index contributed by atoms with van der Waals surface area (Å²) in [7, 11) is 0. The summed E-state index contributed by atoms with van der Waals surface area (Å²) in [5.41, 5.74) is 6.79. The molecule has 0 saturated heterocycles. The Bertz CT molecular complexity index is 746. The van der Waals surface area contributed by atoms with Gasteiger partial charge in [0, 0.05) is 31.1 Å². The second-order valence-corrected chi connectivity index (χ2v) is 6.87. The second-order valence-electron chi connectivity index (χ2n) is 5.98. The largest absolute Gasteiger partial charge is 0.294 e. The maximum absolute atomic E-state index is 12.0. The number of ketones is 1. The maximum Gasteiger partial charge on any atom is 0.160 e. The first kappa shape index (κ1) is 13.2. The molecule has 2 aliphatic rings. The van der Waals surface area contributed by atoms with Gasteiger partial charge in [-0.2, -0.15) is 0 Å². The van der Waals surface area contributed by atoms with Crippen molar-refractivity contribution < 1.29 is 4.79 Å². The monoisotopic (exact) mass is 298 g/mol. The molecule has 3 nitrogen and oxygen atoms in total. The lowest BCUT2D eigenvalue weighted by Crippen LogP contribution is -2.34. The maximum atomic E-state index is 12.0. The van der Waals surface area contributed by atoms with Crippen LogP contribution in [0.5, 0.6) is 0 Å². The van der Waals surface area contributed by atoms with Crippen LogP contribution in [0.3, 0.4) is 0 Å². The molecule has 1 aliphatic heterocycles. The molecule has 108 valence electrons. The van der Waals surface area contributed by atoms with E-state index in [1.165, 1.54) is 15.8 Å². The third-order valence-electron chi connectivity index (χ3n) is 4.86. The molecule has 2 heterocycles. The molecule has 1 aromatic heterocycles. The van der Waals surface area contributed by atoms with Crippen LogP contribution in [-0.4, -0.2) is 28.8 Å². The topological polar surface area (TPSA) is 33.2 Å². The van der Waals surface area contributed by atoms with E-state index in [1.54, 1.807) is 11.3 Å². The molecule has 2 aromatic rings. The van der Waals surface area contributed by atoms with Crippen LogP contribution < -0.4 is 0 Å². The minimum atomic E-state index is 0.332. The van der Waals surface area contributed by atoms with Crippen LogP contribution in [0.25, 0.3) is 10.2 Å². The zero-order valence-electron chi connectivity index (χ0n) is 12.1. The normalized spacial score (nSPS) is 21.1. The zero-order valence-corrected chi connectivity index (χ0v) is 12.9. The Hall–Kier alpha value is -1.52. The van der Waals surface area contributed by atoms with Gasteiger partial charge in [0.1, 0.15) is 0 Å². The molecule has 0 spiro atoms. The fourth-order valence-electron chi connectivity index (χ4n) is 3.48. The Labute approximate surface area is 128 Å². The first-order valence-corrected chi connectivity index (χ1v) is 8.41. The van der Waals surface area contributed by atoms with Crippen LogP contribution in [0.2, 0.25) is 0 Å². The Morgan fingerprint density at radius 3 is 3.10 bits per heavy atom. The fourth-order valence-corrected chi connectivity index (χ4v) is 4.13. The fraction of sp³-hybridized carbons (Fsp3) is 0.412. The van der Waals surface area contributed by atoms with Crippen molar-refractivity contribution in [2.45, 2.75) is 32.2 Å². The van der Waals surface area contributed by atoms with E-state index in [2.05, 4.69) is 35.0 Å². The van der Waals surface area contributed by atoms with Crippen molar-refractivity contribution in [1.82, 2.24) is 9.88 Å². The Morgan fingerprint density at radius 1 is 1.29 bits per heavy atom. The Balaban J connectivity index is 1.60. The van der Waals surface area contributed by atoms with E-state index < -0.39 is 0 Å². The van der Waals surface area contributed by atoms with Gasteiger partial charge < -0.3 is 0 Å². The number of fused-ring (bicyclic) bond motifs is 1. The number of benzene rings is 1. The lowest BCUT2D eigenvalue weighted by atomic mass is 9.98. The molecule has 4 heteroatoms. The van der Waals surface area contributed by atoms with Gasteiger partial charge >= 0.3 is 0 Å². The van der Waals surface area contributed by atoms with Crippen molar-refractivity contribution in [1.29, 1.82) is 0 Å². The van der Waals surface area contributed by atoms with Gasteiger partial charge in [-0.05, 0) is 37.5 Å². The number of carbonyl (C=O) groups excluding carboxylic acids is 1. The Morgan fingerprint density at radius 2 is 2.19 bits per heavy atom. The summed E-state index contributed by atoms with van der Waals surface area (Å²) >= 11 is 1.68. The number of aromatic nitrogens is 1. The molecule has 0 bridgehead atoms. The smallest absolute Gasteiger partial charge is 0.160 e. The number of carbonyl (C=O) groups is 1. The minimum Gasteiger partial charge on any atom is -0.294 e. The summed E-state index contributed by atoms with van der Waals surface area (Å²) in [5, 5.41) is 0. The number of hydrogen-bond acceptors (Lipinski definition) is 4. The highest BCUT2D eigenvalue weighted by Gasteiger charge is 2.30. The lowest BCUT2D eigenvalue weighted by Gasteiger charge is -2.33. The molecule has 0 fully saturated rings. The number of hydrogen-bond donors (Lipinski definition) is 0. The van der Waals surface area contributed by atoms with Crippen molar-refractivity contribution >= 4 is 27.3 Å². The van der Waals surface area contributed by atoms with Gasteiger partial charge in [-0.25, -0.2) is 4.98 Å². The number of Topliss-reactive ketones (excluding diaryl/α,β-unsaturated/α-hetero) is 1. The van der Waals surface area contributed by atoms with Crippen molar-refractivity contribution in [2.75, 3.05) is 13.1 Å². The molecule has 0 N–H and O–H groups in total. The molecule has 1 atom stereocenters. The van der Waals surface area contributed by atoms with Gasteiger partial charge in [-0.15, -0.1) is 11.3 Å². The summed E-state index contributed by atoms with van der Waals surface area (Å²) in [6, 6.07) is 6.88. The van der Waals surface area contributed by atoms with Crippen molar-refractivity contribution in [3.63, 3.8) is 0 Å². The van der Waals surface area contributed by atoms with Crippen LogP contribution in [0, 0.1) is 0 Å². The second kappa shape index (κ2) is 5.04. The predicted molar refractivity (Wildman–Crippen MR) is 85.5 cm³/mol. The standard InChI is InChI=1S/C17H18N2OS/c1-11(13-3-5-17-15(8-13)18-10-21-17)19-7-6-12-2-4-16(20)14(12)9-19/h3,5,8,10-11H,2,4,6-7,9H2,1H3. The minimum absolute atomic E-state index is 0.332. The predicted octanol–water partition coefficient (Wildman–Crippen LogP) is 3.72. The van der Waals surface area contributed by atoms with E-state index in [4.69, 9.17) is 0 Å². The summed E-state index contributed by atoms with van der Waals surface area (Å²) in [6.45, 7) is 4.12. The third-order valence-corrected chi connectivity index (χ3v) is 5.67. The van der Waals surface area contributed by atoms with E-state index >= 15 is 0 Å². The molecule has 0 saturated carbocycles. The lowest BCUT2D eigenvalue weighted by molar-refractivity contribution is -0.115. The van der Waals surface area contributed by atoms with Crippen molar-refractivity contribution in [3.8, 4) is 0 Å². The van der Waals surface area contributed by atoms with E-state index in [1.807, 2.05) is 5.51 Å². The summed E-state index contributed by atoms with van der Waals surface area (Å²) in [5.74, 6) is 0.372. The summed E-state index contributed by atoms with van der Waals surface area (Å²) < 4.78 is 1.24. The van der Waals surface area contributed by atoms with Gasteiger partial charge in [-0.3, -0.25) is 9.69 Å². The van der Waals surface area contributed by atoms with Crippen LogP contribution >= 0.6 is 11.3 Å². The molecule has 1 aliphatic carbocycles. The molecule has 21 heavy (non-hydrogen) atoms. The van der Waals surface area contributed by atoms with Crippen LogP contribution in [0.1, 0.15) is 37.8 Å². The summed E-state index contributed by atoms with van der Waals surface area (Å²) in [4.78, 5) is 18.8. The van der Waals surface area contributed by atoms with Gasteiger partial charge in [0.25, 0.3) is 0 Å². The van der Waals surface area contributed by atoms with Gasteiger partial charge in [-0.1, -0.05) is 11.6 Å². The van der Waals surface area contributed by atoms with Crippen molar-refractivity contribution in [3.05, 3.63) is 40.4 Å². The molecular weight excluding hydrogens is 280 g/mol. The highest BCUT2D eigenvalue weighted by molar-refractivity contribution is 7.16. The molecule has 0 amide bonds. The number of thiazole rings is 1. The van der Waals surface area contributed by atoms with Gasteiger partial charge in [0.05, 0.1) is 15.7 Å². The van der Waals surface area contributed by atoms with Crippen molar-refractivity contribution in [2.24, 2.45) is 0 Å². The van der Waals surface area contributed by atoms with Crippen LogP contribution in [-0.2, 0) is 4.79 Å². The quantitative estimate of drug-likeness (QED) is 0.847. The first-order chi connectivity index (χ1) is 10.2. The van der Waals surface area contributed by atoms with Gasteiger partial charge in [0.15, 0.2) is 5.78 Å². The molecular formula is C17H18N2OS. The van der Waals surface area contributed by atoms with Crippen LogP contribution in [0.4, 0.5) is 0 Å². The van der Waals surface area contributed by atoms with E-state index in [9.17, 15) is 4.79 Å². The average Bonchev–Trinajstić information content (AvgIpc) is 3.12. The van der Waals surface area contributed by atoms with Crippen LogP contribution in [0.15, 0.2) is 34.9 Å². The number of nitrogens with zero attached hydrogens (tertiary/aromatic N) is 2. The molecule has 4 rings (SSSR count). The van der Waals surface area contributed by atoms with E-state index in [-0.39, 0.29) is 0 Å².